The standard InChI is InChI=1S/C33H62O12S/c1-3-5-6-7-8-9-10-11-12-13-14-15-16-17-18-19-20-21-23-41-25-27(43-29(35)22-4-2)26-42-33-31(37)32(45-46(38,39)40)30(36)28(24-34)44-33/h11-12,27-28,30-34,36-37H,3-10,13-26H2,1-2H3,(H,38,39,40)/b12-11-. The predicted molar refractivity (Wildman–Crippen MR) is 174 cm³/mol. The molecule has 4 N–H and O–H groups in total. The van der Waals surface area contributed by atoms with Crippen LogP contribution >= 0.6 is 0 Å². The third-order valence-electron chi connectivity index (χ3n) is 7.86. The van der Waals surface area contributed by atoms with Crippen molar-refractivity contribution in [1.82, 2.24) is 0 Å². The minimum absolute atomic E-state index is 0.0304. The lowest BCUT2D eigenvalue weighted by atomic mass is 9.99. The van der Waals surface area contributed by atoms with Crippen LogP contribution in [0, 0.1) is 0 Å². The van der Waals surface area contributed by atoms with Crippen LogP contribution in [-0.2, 0) is 38.3 Å². The van der Waals surface area contributed by atoms with E-state index in [1.54, 1.807) is 0 Å². The second kappa shape index (κ2) is 26.8. The molecule has 6 atom stereocenters. The van der Waals surface area contributed by atoms with Gasteiger partial charge in [-0.2, -0.15) is 8.42 Å². The van der Waals surface area contributed by atoms with E-state index in [-0.39, 0.29) is 19.6 Å². The number of carbonyl (C=O) groups excluding carboxylic acids is 1. The summed E-state index contributed by atoms with van der Waals surface area (Å²) in [5.41, 5.74) is 0. The molecule has 12 nitrogen and oxygen atoms in total. The Bertz CT molecular complexity index is 884. The van der Waals surface area contributed by atoms with Gasteiger partial charge in [0, 0.05) is 13.0 Å². The topological polar surface area (TPSA) is 178 Å². The van der Waals surface area contributed by atoms with Gasteiger partial charge in [-0.3, -0.25) is 9.35 Å². The summed E-state index contributed by atoms with van der Waals surface area (Å²) in [6.07, 6.45) is 15.9. The predicted octanol–water partition coefficient (Wildman–Crippen LogP) is 5.18. The lowest BCUT2D eigenvalue weighted by Gasteiger charge is -2.41. The highest BCUT2D eigenvalue weighted by Crippen LogP contribution is 2.26. The number of aliphatic hydroxyl groups is 3. The molecule has 0 saturated carbocycles. The highest BCUT2D eigenvalue weighted by Gasteiger charge is 2.48. The van der Waals surface area contributed by atoms with Crippen molar-refractivity contribution < 1.29 is 56.2 Å². The lowest BCUT2D eigenvalue weighted by Crippen LogP contribution is -2.60. The molecule has 1 aliphatic heterocycles. The largest absolute Gasteiger partial charge is 0.457 e. The summed E-state index contributed by atoms with van der Waals surface area (Å²) < 4.78 is 57.8. The molecule has 0 aromatic heterocycles. The van der Waals surface area contributed by atoms with Crippen molar-refractivity contribution in [2.24, 2.45) is 0 Å². The maximum Gasteiger partial charge on any atom is 0.397 e. The summed E-state index contributed by atoms with van der Waals surface area (Å²) in [5, 5.41) is 30.1. The zero-order chi connectivity index (χ0) is 34.0. The number of carbonyl (C=O) groups is 1. The Morgan fingerprint density at radius 2 is 1.37 bits per heavy atom. The molecule has 1 rings (SSSR count). The van der Waals surface area contributed by atoms with E-state index >= 15 is 0 Å². The Labute approximate surface area is 277 Å². The Morgan fingerprint density at radius 3 is 1.91 bits per heavy atom. The zero-order valence-corrected chi connectivity index (χ0v) is 29.0. The summed E-state index contributed by atoms with van der Waals surface area (Å²) in [6.45, 7) is 3.56. The van der Waals surface area contributed by atoms with E-state index in [9.17, 15) is 28.5 Å². The molecule has 0 aromatic rings. The third kappa shape index (κ3) is 20.9. The number of esters is 1. The van der Waals surface area contributed by atoms with Gasteiger partial charge >= 0.3 is 16.4 Å². The van der Waals surface area contributed by atoms with Gasteiger partial charge in [-0.05, 0) is 38.5 Å². The van der Waals surface area contributed by atoms with Crippen LogP contribution < -0.4 is 0 Å². The van der Waals surface area contributed by atoms with E-state index in [1.165, 1.54) is 83.5 Å². The van der Waals surface area contributed by atoms with Crippen molar-refractivity contribution in [2.45, 2.75) is 166 Å². The molecule has 0 radical (unpaired) electrons. The summed E-state index contributed by atoms with van der Waals surface area (Å²) in [6, 6.07) is 0. The van der Waals surface area contributed by atoms with Gasteiger partial charge in [-0.1, -0.05) is 96.6 Å². The van der Waals surface area contributed by atoms with Crippen LogP contribution in [-0.4, -0.2) is 97.5 Å². The monoisotopic (exact) mass is 682 g/mol. The molecular formula is C33H62O12S. The summed E-state index contributed by atoms with van der Waals surface area (Å²) >= 11 is 0. The number of unbranched alkanes of at least 4 members (excludes halogenated alkanes) is 14. The van der Waals surface area contributed by atoms with Crippen molar-refractivity contribution in [2.75, 3.05) is 26.4 Å². The van der Waals surface area contributed by atoms with E-state index in [1.807, 2.05) is 6.92 Å². The molecule has 1 saturated heterocycles. The van der Waals surface area contributed by atoms with Crippen LogP contribution in [0.5, 0.6) is 0 Å². The average Bonchev–Trinajstić information content (AvgIpc) is 3.01. The fourth-order valence-corrected chi connectivity index (χ4v) is 5.74. The maximum atomic E-state index is 12.1. The van der Waals surface area contributed by atoms with Crippen LogP contribution in [0.3, 0.4) is 0 Å². The molecule has 272 valence electrons. The molecule has 1 heterocycles. The van der Waals surface area contributed by atoms with Crippen LogP contribution in [0.4, 0.5) is 0 Å². The first-order valence-corrected chi connectivity index (χ1v) is 18.8. The van der Waals surface area contributed by atoms with Crippen molar-refractivity contribution in [1.29, 1.82) is 0 Å². The summed E-state index contributed by atoms with van der Waals surface area (Å²) in [7, 11) is -5.04. The van der Waals surface area contributed by atoms with Crippen LogP contribution in [0.15, 0.2) is 12.2 Å². The molecule has 0 aromatic carbocycles. The van der Waals surface area contributed by atoms with Crippen molar-refractivity contribution in [3.8, 4) is 0 Å². The first-order chi connectivity index (χ1) is 22.1. The number of ether oxygens (including phenoxy) is 4. The molecule has 1 aliphatic rings. The molecule has 13 heteroatoms. The summed E-state index contributed by atoms with van der Waals surface area (Å²) in [4.78, 5) is 12.1. The van der Waals surface area contributed by atoms with Gasteiger partial charge in [0.2, 0.25) is 0 Å². The molecule has 0 aliphatic carbocycles. The molecule has 0 spiro atoms. The Morgan fingerprint density at radius 1 is 0.804 bits per heavy atom. The minimum atomic E-state index is -5.04. The van der Waals surface area contributed by atoms with Crippen LogP contribution in [0.2, 0.25) is 0 Å². The Kier molecular flexibility index (Phi) is 24.9. The second-order valence-electron chi connectivity index (χ2n) is 12.1. The van der Waals surface area contributed by atoms with Gasteiger partial charge in [-0.25, -0.2) is 4.18 Å². The van der Waals surface area contributed by atoms with E-state index in [0.29, 0.717) is 13.0 Å². The van der Waals surface area contributed by atoms with Gasteiger partial charge in [-0.15, -0.1) is 0 Å². The first kappa shape index (κ1) is 42.9. The number of hydrogen-bond acceptors (Lipinski definition) is 11. The number of aliphatic hydroxyl groups excluding tert-OH is 3. The number of allylic oxidation sites excluding steroid dienone is 2. The van der Waals surface area contributed by atoms with Crippen LogP contribution in [0.1, 0.15) is 129 Å². The smallest absolute Gasteiger partial charge is 0.397 e. The minimum Gasteiger partial charge on any atom is -0.457 e. The highest BCUT2D eigenvalue weighted by molar-refractivity contribution is 7.80. The van der Waals surface area contributed by atoms with Gasteiger partial charge < -0.3 is 34.3 Å². The number of hydrogen-bond donors (Lipinski definition) is 4. The van der Waals surface area contributed by atoms with E-state index in [0.717, 1.165) is 19.3 Å². The second-order valence-corrected chi connectivity index (χ2v) is 13.2. The fourth-order valence-electron chi connectivity index (χ4n) is 5.23. The van der Waals surface area contributed by atoms with Gasteiger partial charge in [0.25, 0.3) is 0 Å². The van der Waals surface area contributed by atoms with Gasteiger partial charge in [0.15, 0.2) is 6.29 Å². The van der Waals surface area contributed by atoms with Gasteiger partial charge in [0.1, 0.15) is 30.5 Å². The summed E-state index contributed by atoms with van der Waals surface area (Å²) in [5.74, 6) is -0.453. The van der Waals surface area contributed by atoms with Crippen molar-refractivity contribution in [3.05, 3.63) is 12.2 Å². The zero-order valence-electron chi connectivity index (χ0n) is 28.1. The van der Waals surface area contributed by atoms with Gasteiger partial charge in [0.05, 0.1) is 19.8 Å². The molecule has 1 fully saturated rings. The lowest BCUT2D eigenvalue weighted by molar-refractivity contribution is -0.301. The van der Waals surface area contributed by atoms with Crippen LogP contribution in [0.25, 0.3) is 0 Å². The maximum absolute atomic E-state index is 12.1. The van der Waals surface area contributed by atoms with Crippen molar-refractivity contribution in [3.63, 3.8) is 0 Å². The highest BCUT2D eigenvalue weighted by atomic mass is 32.3. The Hall–Kier alpha value is -1.16. The molecule has 0 amide bonds. The van der Waals surface area contributed by atoms with Crippen molar-refractivity contribution >= 4 is 16.4 Å². The Balaban J connectivity index is 2.26. The average molecular weight is 683 g/mol. The van der Waals surface area contributed by atoms with E-state index < -0.39 is 59.8 Å². The SMILES string of the molecule is CCCCCCCC/C=C\CCCCCCCCCCOCC(COC1OC(CO)C(O)C(OS(=O)(=O)O)C1O)OC(=O)CCC. The molecule has 46 heavy (non-hydrogen) atoms. The molecule has 6 unspecified atom stereocenters. The van der Waals surface area contributed by atoms with E-state index in [4.69, 9.17) is 23.5 Å². The van der Waals surface area contributed by atoms with E-state index in [2.05, 4.69) is 23.3 Å². The molecule has 0 bridgehead atoms. The quantitative estimate of drug-likeness (QED) is 0.0352. The molecular weight excluding hydrogens is 620 g/mol. The number of rotatable bonds is 29. The normalized spacial score (nSPS) is 22.8. The fraction of sp³-hybridized carbons (Fsp3) is 0.909. The third-order valence-corrected chi connectivity index (χ3v) is 8.32. The first-order valence-electron chi connectivity index (χ1n) is 17.4.